The summed E-state index contributed by atoms with van der Waals surface area (Å²) in [4.78, 5) is 6.06. The first-order chi connectivity index (χ1) is 9.15. The number of halogens is 2. The molecule has 2 aromatic rings. The van der Waals surface area contributed by atoms with Crippen LogP contribution in [0.5, 0.6) is 0 Å². The number of aromatic nitrogens is 2. The molecule has 1 heterocycles. The van der Waals surface area contributed by atoms with Crippen LogP contribution in [0.1, 0.15) is 12.0 Å². The molecule has 0 aliphatic carbocycles. The van der Waals surface area contributed by atoms with Gasteiger partial charge in [0.25, 0.3) is 0 Å². The quantitative estimate of drug-likeness (QED) is 0.800. The summed E-state index contributed by atoms with van der Waals surface area (Å²) in [7, 11) is 1.97. The molecule has 5 heteroatoms. The lowest BCUT2D eigenvalue weighted by molar-refractivity contribution is 0.313. The molecule has 2 rings (SSSR count). The molecule has 0 atom stereocenters. The van der Waals surface area contributed by atoms with Gasteiger partial charge in [-0.2, -0.15) is 0 Å². The zero-order valence-electron chi connectivity index (χ0n) is 10.9. The second-order valence-corrected chi connectivity index (χ2v) is 4.64. The van der Waals surface area contributed by atoms with E-state index in [1.807, 2.05) is 17.8 Å². The van der Waals surface area contributed by atoms with Crippen molar-refractivity contribution < 1.29 is 8.78 Å². The van der Waals surface area contributed by atoms with Gasteiger partial charge in [0, 0.05) is 25.5 Å². The highest BCUT2D eigenvalue weighted by Gasteiger charge is 2.05. The summed E-state index contributed by atoms with van der Waals surface area (Å²) in [5.74, 6) is -1.59. The van der Waals surface area contributed by atoms with E-state index in [0.29, 0.717) is 6.54 Å². The van der Waals surface area contributed by atoms with Gasteiger partial charge in [0.1, 0.15) is 0 Å². The molecule has 102 valence electrons. The van der Waals surface area contributed by atoms with Crippen LogP contribution in [0.3, 0.4) is 0 Å². The van der Waals surface area contributed by atoms with E-state index >= 15 is 0 Å². The number of aryl methyl sites for hydroxylation is 1. The van der Waals surface area contributed by atoms with Gasteiger partial charge in [0.2, 0.25) is 0 Å². The van der Waals surface area contributed by atoms with Gasteiger partial charge in [-0.1, -0.05) is 6.07 Å². The molecular weight excluding hydrogens is 248 g/mol. The maximum absolute atomic E-state index is 13.1. The van der Waals surface area contributed by atoms with Crippen molar-refractivity contribution in [1.82, 2.24) is 14.5 Å². The van der Waals surface area contributed by atoms with E-state index in [0.717, 1.165) is 25.1 Å². The van der Waals surface area contributed by atoms with Crippen LogP contribution in [-0.2, 0) is 13.1 Å². The third kappa shape index (κ3) is 4.13. The fourth-order valence-electron chi connectivity index (χ4n) is 1.97. The van der Waals surface area contributed by atoms with Crippen LogP contribution in [0.25, 0.3) is 0 Å². The Bertz CT molecular complexity index is 511. The van der Waals surface area contributed by atoms with Crippen LogP contribution in [-0.4, -0.2) is 28.0 Å². The van der Waals surface area contributed by atoms with Gasteiger partial charge in [0.05, 0.1) is 6.33 Å². The molecule has 0 saturated heterocycles. The predicted molar refractivity (Wildman–Crippen MR) is 69.5 cm³/mol. The number of nitrogens with zero attached hydrogens (tertiary/aromatic N) is 3. The summed E-state index contributed by atoms with van der Waals surface area (Å²) in [6.45, 7) is 2.40. The third-order valence-electron chi connectivity index (χ3n) is 2.95. The van der Waals surface area contributed by atoms with Gasteiger partial charge in [-0.15, -0.1) is 0 Å². The molecule has 0 saturated carbocycles. The molecule has 0 aliphatic heterocycles. The number of benzene rings is 1. The average molecular weight is 265 g/mol. The molecular formula is C14H17F2N3. The lowest BCUT2D eigenvalue weighted by Gasteiger charge is -2.16. The lowest BCUT2D eigenvalue weighted by Crippen LogP contribution is -2.20. The Balaban J connectivity index is 1.77. The molecule has 1 aromatic heterocycles. The van der Waals surface area contributed by atoms with Crippen molar-refractivity contribution in [2.75, 3.05) is 13.6 Å². The molecule has 19 heavy (non-hydrogen) atoms. The predicted octanol–water partition coefficient (Wildman–Crippen LogP) is 2.68. The number of imidazole rings is 1. The summed E-state index contributed by atoms with van der Waals surface area (Å²) in [5.41, 5.74) is 0.782. The maximum Gasteiger partial charge on any atom is 0.159 e. The van der Waals surface area contributed by atoms with Gasteiger partial charge >= 0.3 is 0 Å². The largest absolute Gasteiger partial charge is 0.337 e. The Hall–Kier alpha value is -1.75. The second kappa shape index (κ2) is 6.43. The summed E-state index contributed by atoms with van der Waals surface area (Å²) < 4.78 is 27.9. The molecule has 0 spiro atoms. The van der Waals surface area contributed by atoms with Crippen LogP contribution in [0.4, 0.5) is 8.78 Å². The van der Waals surface area contributed by atoms with Crippen LogP contribution in [0.15, 0.2) is 36.9 Å². The first-order valence-corrected chi connectivity index (χ1v) is 6.23. The highest BCUT2D eigenvalue weighted by atomic mass is 19.2. The fraction of sp³-hybridized carbons (Fsp3) is 0.357. The van der Waals surface area contributed by atoms with Crippen LogP contribution in [0, 0.1) is 11.6 Å². The standard InChI is InChI=1S/C14H17F2N3/c1-18(6-2-7-19-8-5-17-11-19)10-12-3-4-13(15)14(16)9-12/h3-5,8-9,11H,2,6-7,10H2,1H3. The topological polar surface area (TPSA) is 21.1 Å². The molecule has 0 radical (unpaired) electrons. The highest BCUT2D eigenvalue weighted by Crippen LogP contribution is 2.10. The van der Waals surface area contributed by atoms with E-state index in [9.17, 15) is 8.78 Å². The normalized spacial score (nSPS) is 11.2. The molecule has 0 unspecified atom stereocenters. The van der Waals surface area contributed by atoms with Crippen molar-refractivity contribution in [3.63, 3.8) is 0 Å². The van der Waals surface area contributed by atoms with Crippen molar-refractivity contribution in [1.29, 1.82) is 0 Å². The van der Waals surface area contributed by atoms with Crippen molar-refractivity contribution >= 4 is 0 Å². The molecule has 0 fully saturated rings. The van der Waals surface area contributed by atoms with Gasteiger partial charge in [-0.05, 0) is 37.7 Å². The smallest absolute Gasteiger partial charge is 0.159 e. The lowest BCUT2D eigenvalue weighted by atomic mass is 10.2. The zero-order valence-corrected chi connectivity index (χ0v) is 10.9. The average Bonchev–Trinajstić information content (AvgIpc) is 2.87. The first-order valence-electron chi connectivity index (χ1n) is 6.23. The van der Waals surface area contributed by atoms with E-state index in [4.69, 9.17) is 0 Å². The van der Waals surface area contributed by atoms with E-state index in [-0.39, 0.29) is 0 Å². The number of rotatable bonds is 6. The van der Waals surface area contributed by atoms with Crippen LogP contribution < -0.4 is 0 Å². The summed E-state index contributed by atoms with van der Waals surface area (Å²) in [6, 6.07) is 4.04. The Kier molecular flexibility index (Phi) is 4.63. The molecule has 0 bridgehead atoms. The molecule has 0 N–H and O–H groups in total. The minimum Gasteiger partial charge on any atom is -0.337 e. The SMILES string of the molecule is CN(CCCn1ccnc1)Cc1ccc(F)c(F)c1. The Morgan fingerprint density at radius 1 is 1.26 bits per heavy atom. The number of hydrogen-bond donors (Lipinski definition) is 0. The third-order valence-corrected chi connectivity index (χ3v) is 2.95. The highest BCUT2D eigenvalue weighted by molar-refractivity contribution is 5.17. The Morgan fingerprint density at radius 2 is 2.11 bits per heavy atom. The Labute approximate surface area is 111 Å². The van der Waals surface area contributed by atoms with E-state index < -0.39 is 11.6 Å². The van der Waals surface area contributed by atoms with E-state index in [1.165, 1.54) is 12.1 Å². The maximum atomic E-state index is 13.1. The van der Waals surface area contributed by atoms with Crippen LogP contribution >= 0.6 is 0 Å². The van der Waals surface area contributed by atoms with Gasteiger partial charge in [-0.3, -0.25) is 0 Å². The van der Waals surface area contributed by atoms with Gasteiger partial charge in [-0.25, -0.2) is 13.8 Å². The summed E-state index contributed by atoms with van der Waals surface area (Å²) >= 11 is 0. The van der Waals surface area contributed by atoms with E-state index in [1.54, 1.807) is 18.6 Å². The van der Waals surface area contributed by atoms with Gasteiger partial charge in [0.15, 0.2) is 11.6 Å². The molecule has 0 amide bonds. The minimum absolute atomic E-state index is 0.612. The zero-order chi connectivity index (χ0) is 13.7. The minimum atomic E-state index is -0.800. The monoisotopic (exact) mass is 265 g/mol. The second-order valence-electron chi connectivity index (χ2n) is 4.64. The molecule has 0 aliphatic rings. The van der Waals surface area contributed by atoms with Crippen molar-refractivity contribution in [3.05, 3.63) is 54.1 Å². The van der Waals surface area contributed by atoms with E-state index in [2.05, 4.69) is 9.88 Å². The summed E-state index contributed by atoms with van der Waals surface area (Å²) in [5, 5.41) is 0. The molecule has 1 aromatic carbocycles. The first kappa shape index (κ1) is 13.7. The van der Waals surface area contributed by atoms with Crippen molar-refractivity contribution in [2.45, 2.75) is 19.5 Å². The van der Waals surface area contributed by atoms with Crippen molar-refractivity contribution in [2.24, 2.45) is 0 Å². The van der Waals surface area contributed by atoms with Gasteiger partial charge < -0.3 is 9.47 Å². The summed E-state index contributed by atoms with van der Waals surface area (Å²) in [6.07, 6.45) is 6.45. The fourth-order valence-corrected chi connectivity index (χ4v) is 1.97. The van der Waals surface area contributed by atoms with Crippen molar-refractivity contribution in [3.8, 4) is 0 Å². The Morgan fingerprint density at radius 3 is 2.79 bits per heavy atom. The number of hydrogen-bond acceptors (Lipinski definition) is 2. The molecule has 3 nitrogen and oxygen atoms in total. The van der Waals surface area contributed by atoms with Crippen LogP contribution in [0.2, 0.25) is 0 Å².